The van der Waals surface area contributed by atoms with Gasteiger partial charge in [0.15, 0.2) is 0 Å². The molecule has 6 nitrogen and oxygen atoms in total. The van der Waals surface area contributed by atoms with Gasteiger partial charge in [-0.3, -0.25) is 0 Å². The Labute approximate surface area is 156 Å². The molecule has 0 radical (unpaired) electrons. The minimum absolute atomic E-state index is 0.157. The molecule has 0 bridgehead atoms. The number of aromatic nitrogens is 2. The van der Waals surface area contributed by atoms with Crippen LogP contribution in [0.2, 0.25) is 0 Å². The molecule has 0 spiro atoms. The lowest BCUT2D eigenvalue weighted by Gasteiger charge is -2.07. The van der Waals surface area contributed by atoms with Crippen molar-refractivity contribution in [3.05, 3.63) is 59.5 Å². The third-order valence-electron chi connectivity index (χ3n) is 3.60. The molecular weight excluding hydrogens is 370 g/mol. The Hall–Kier alpha value is -2.29. The van der Waals surface area contributed by atoms with Gasteiger partial charge in [-0.15, -0.1) is 21.5 Å². The molecule has 3 aromatic rings. The van der Waals surface area contributed by atoms with Crippen molar-refractivity contribution in [2.24, 2.45) is 0 Å². The Balaban J connectivity index is 1.50. The van der Waals surface area contributed by atoms with Gasteiger partial charge in [0, 0.05) is 23.1 Å². The Bertz CT molecular complexity index is 939. The molecule has 0 saturated heterocycles. The van der Waals surface area contributed by atoms with Crippen LogP contribution in [0.3, 0.4) is 0 Å². The molecule has 3 rings (SSSR count). The summed E-state index contributed by atoms with van der Waals surface area (Å²) in [5.41, 5.74) is 1.73. The number of sulfonamides is 1. The van der Waals surface area contributed by atoms with E-state index in [0.29, 0.717) is 10.1 Å². The molecule has 8 heteroatoms. The highest BCUT2D eigenvalue weighted by atomic mass is 32.2. The topological polar surface area (TPSA) is 81.2 Å². The average Bonchev–Trinajstić information content (AvgIpc) is 3.17. The van der Waals surface area contributed by atoms with Crippen molar-refractivity contribution in [2.75, 3.05) is 13.2 Å². The smallest absolute Gasteiger partial charge is 0.250 e. The highest BCUT2D eigenvalue weighted by Crippen LogP contribution is 2.21. The molecule has 26 heavy (non-hydrogen) atoms. The van der Waals surface area contributed by atoms with Gasteiger partial charge in [-0.2, -0.15) is 0 Å². The molecule has 0 amide bonds. The zero-order valence-electron chi connectivity index (χ0n) is 14.3. The number of nitrogens with zero attached hydrogens (tertiary/aromatic N) is 2. The Kier molecular flexibility index (Phi) is 5.97. The Morgan fingerprint density at radius 3 is 2.50 bits per heavy atom. The van der Waals surface area contributed by atoms with E-state index >= 15 is 0 Å². The molecule has 136 valence electrons. The molecule has 0 aliphatic carbocycles. The van der Waals surface area contributed by atoms with E-state index in [-0.39, 0.29) is 13.2 Å². The number of benzene rings is 1. The number of nitrogens with one attached hydrogen (secondary N) is 1. The summed E-state index contributed by atoms with van der Waals surface area (Å²) in [7, 11) is -3.49. The van der Waals surface area contributed by atoms with Crippen LogP contribution >= 0.6 is 11.3 Å². The molecule has 2 heterocycles. The highest BCUT2D eigenvalue weighted by Gasteiger charge is 2.15. The predicted octanol–water partition coefficient (Wildman–Crippen LogP) is 3.12. The molecule has 0 fully saturated rings. The van der Waals surface area contributed by atoms with Crippen molar-refractivity contribution in [2.45, 2.75) is 17.6 Å². The number of ether oxygens (including phenoxy) is 1. The maximum atomic E-state index is 12.2. The molecule has 0 aliphatic rings. The summed E-state index contributed by atoms with van der Waals surface area (Å²) in [6, 6.07) is 16.7. The first kappa shape index (κ1) is 18.5. The molecule has 2 aromatic heterocycles. The SMILES string of the molecule is CCc1ccc(S(=O)(=O)NCCOc2ccc(-c3ccccc3)nn2)s1. The summed E-state index contributed by atoms with van der Waals surface area (Å²) in [5.74, 6) is 0.355. The van der Waals surface area contributed by atoms with Crippen LogP contribution < -0.4 is 9.46 Å². The summed E-state index contributed by atoms with van der Waals surface area (Å²) < 4.78 is 32.7. The van der Waals surface area contributed by atoms with Crippen molar-refractivity contribution in [1.29, 1.82) is 0 Å². The van der Waals surface area contributed by atoms with Crippen molar-refractivity contribution < 1.29 is 13.2 Å². The zero-order valence-corrected chi connectivity index (χ0v) is 15.9. The molecule has 0 saturated carbocycles. The van der Waals surface area contributed by atoms with Gasteiger partial charge in [0.05, 0.1) is 5.69 Å². The summed E-state index contributed by atoms with van der Waals surface area (Å²) in [6.07, 6.45) is 0.820. The minimum atomic E-state index is -3.49. The Morgan fingerprint density at radius 1 is 1.04 bits per heavy atom. The fourth-order valence-electron chi connectivity index (χ4n) is 2.26. The van der Waals surface area contributed by atoms with Gasteiger partial charge in [0.2, 0.25) is 15.9 Å². The van der Waals surface area contributed by atoms with Crippen molar-refractivity contribution >= 4 is 21.4 Å². The van der Waals surface area contributed by atoms with E-state index in [1.807, 2.05) is 49.4 Å². The number of aryl methyl sites for hydroxylation is 1. The lowest BCUT2D eigenvalue weighted by molar-refractivity contribution is 0.307. The van der Waals surface area contributed by atoms with E-state index < -0.39 is 10.0 Å². The summed E-state index contributed by atoms with van der Waals surface area (Å²) >= 11 is 1.28. The Morgan fingerprint density at radius 2 is 1.85 bits per heavy atom. The highest BCUT2D eigenvalue weighted by molar-refractivity contribution is 7.91. The molecule has 0 unspecified atom stereocenters. The normalized spacial score (nSPS) is 11.4. The third kappa shape index (κ3) is 4.66. The molecule has 1 aromatic carbocycles. The first-order valence-corrected chi connectivity index (χ1v) is 10.5. The van der Waals surface area contributed by atoms with E-state index in [1.165, 1.54) is 11.3 Å². The van der Waals surface area contributed by atoms with E-state index in [2.05, 4.69) is 14.9 Å². The molecule has 1 N–H and O–H groups in total. The van der Waals surface area contributed by atoms with Crippen LogP contribution in [0.4, 0.5) is 0 Å². The number of rotatable bonds is 8. The van der Waals surface area contributed by atoms with Crippen molar-refractivity contribution in [3.63, 3.8) is 0 Å². The number of hydrogen-bond donors (Lipinski definition) is 1. The lowest BCUT2D eigenvalue weighted by atomic mass is 10.1. The second-order valence-corrected chi connectivity index (χ2v) is 8.61. The monoisotopic (exact) mass is 389 g/mol. The van der Waals surface area contributed by atoms with Crippen LogP contribution in [0.25, 0.3) is 11.3 Å². The first-order valence-electron chi connectivity index (χ1n) is 8.19. The van der Waals surface area contributed by atoms with Gasteiger partial charge in [0.1, 0.15) is 10.8 Å². The third-order valence-corrected chi connectivity index (χ3v) is 6.79. The van der Waals surface area contributed by atoms with Crippen LogP contribution in [-0.2, 0) is 16.4 Å². The van der Waals surface area contributed by atoms with Gasteiger partial charge in [-0.25, -0.2) is 13.1 Å². The maximum Gasteiger partial charge on any atom is 0.250 e. The van der Waals surface area contributed by atoms with Crippen LogP contribution in [0.5, 0.6) is 5.88 Å². The fraction of sp³-hybridized carbons (Fsp3) is 0.222. The number of hydrogen-bond acceptors (Lipinski definition) is 6. The first-order chi connectivity index (χ1) is 12.6. The van der Waals surface area contributed by atoms with Crippen molar-refractivity contribution in [3.8, 4) is 17.1 Å². The van der Waals surface area contributed by atoms with E-state index in [4.69, 9.17) is 4.74 Å². The standard InChI is InChI=1S/C18H19N3O3S2/c1-2-15-8-11-18(25-15)26(22,23)19-12-13-24-17-10-9-16(20-21-17)14-6-4-3-5-7-14/h3-11,19H,2,12-13H2,1H3. The summed E-state index contributed by atoms with van der Waals surface area (Å²) in [5, 5.41) is 8.14. The van der Waals surface area contributed by atoms with Crippen LogP contribution in [-0.4, -0.2) is 31.8 Å². The van der Waals surface area contributed by atoms with Gasteiger partial charge in [-0.05, 0) is 24.6 Å². The summed E-state index contributed by atoms with van der Waals surface area (Å²) in [4.78, 5) is 1.04. The van der Waals surface area contributed by atoms with Crippen molar-refractivity contribution in [1.82, 2.24) is 14.9 Å². The lowest BCUT2D eigenvalue weighted by Crippen LogP contribution is -2.27. The largest absolute Gasteiger partial charge is 0.475 e. The van der Waals surface area contributed by atoms with E-state index in [1.54, 1.807) is 12.1 Å². The second-order valence-electron chi connectivity index (χ2n) is 5.44. The van der Waals surface area contributed by atoms with E-state index in [0.717, 1.165) is 22.6 Å². The van der Waals surface area contributed by atoms with Crippen LogP contribution in [0, 0.1) is 0 Å². The maximum absolute atomic E-state index is 12.2. The predicted molar refractivity (Wildman–Crippen MR) is 102 cm³/mol. The quantitative estimate of drug-likeness (QED) is 0.599. The van der Waals surface area contributed by atoms with Gasteiger partial charge in [-0.1, -0.05) is 37.3 Å². The van der Waals surface area contributed by atoms with Crippen LogP contribution in [0.1, 0.15) is 11.8 Å². The van der Waals surface area contributed by atoms with Gasteiger partial charge in [0.25, 0.3) is 0 Å². The fourth-order valence-corrected chi connectivity index (χ4v) is 4.61. The summed E-state index contributed by atoms with van der Waals surface area (Å²) in [6.45, 7) is 2.32. The van der Waals surface area contributed by atoms with Gasteiger partial charge >= 0.3 is 0 Å². The number of thiophene rings is 1. The zero-order chi connectivity index (χ0) is 18.4. The molecule has 0 aliphatic heterocycles. The molecule has 0 atom stereocenters. The van der Waals surface area contributed by atoms with Gasteiger partial charge < -0.3 is 4.74 Å². The second kappa shape index (κ2) is 8.39. The average molecular weight is 390 g/mol. The van der Waals surface area contributed by atoms with E-state index in [9.17, 15) is 8.42 Å². The minimum Gasteiger partial charge on any atom is -0.475 e. The molecular formula is C18H19N3O3S2. The van der Waals surface area contributed by atoms with Crippen LogP contribution in [0.15, 0.2) is 58.8 Å².